The van der Waals surface area contributed by atoms with Crippen molar-refractivity contribution in [3.63, 3.8) is 0 Å². The van der Waals surface area contributed by atoms with E-state index in [1.54, 1.807) is 11.4 Å². The number of thiophene rings is 1. The molecule has 0 aromatic carbocycles. The van der Waals surface area contributed by atoms with E-state index >= 15 is 0 Å². The van der Waals surface area contributed by atoms with Crippen LogP contribution in [0.2, 0.25) is 0 Å². The highest BCUT2D eigenvalue weighted by molar-refractivity contribution is 7.91. The van der Waals surface area contributed by atoms with Crippen molar-refractivity contribution < 1.29 is 8.42 Å². The minimum atomic E-state index is -3.31. The molecular formula is C10H14N2O2S2. The van der Waals surface area contributed by atoms with Crippen molar-refractivity contribution in [2.24, 2.45) is 5.73 Å². The molecule has 0 amide bonds. The summed E-state index contributed by atoms with van der Waals surface area (Å²) in [5.41, 5.74) is 6.34. The van der Waals surface area contributed by atoms with Gasteiger partial charge in [0.05, 0.1) is 0 Å². The monoisotopic (exact) mass is 258 g/mol. The summed E-state index contributed by atoms with van der Waals surface area (Å²) in [4.78, 5) is 0. The van der Waals surface area contributed by atoms with Crippen LogP contribution in [0, 0.1) is 0 Å². The Morgan fingerprint density at radius 2 is 2.25 bits per heavy atom. The van der Waals surface area contributed by atoms with Crippen LogP contribution in [0.1, 0.15) is 12.0 Å². The van der Waals surface area contributed by atoms with Gasteiger partial charge in [-0.2, -0.15) is 4.31 Å². The molecule has 0 spiro atoms. The molecule has 1 aliphatic rings. The molecule has 0 fully saturated rings. The standard InChI is InChI=1S/C10H14N2O2S2/c11-7-9-6-10(15-8-9)16(13,14)12-4-2-1-3-5-12/h1-2,6,8H,3-5,7,11H2. The second-order valence-corrected chi connectivity index (χ2v) is 6.68. The van der Waals surface area contributed by atoms with Crippen LogP contribution >= 0.6 is 11.3 Å². The minimum Gasteiger partial charge on any atom is -0.326 e. The summed E-state index contributed by atoms with van der Waals surface area (Å²) in [6.07, 6.45) is 4.68. The van der Waals surface area contributed by atoms with Crippen LogP contribution in [0.3, 0.4) is 0 Å². The van der Waals surface area contributed by atoms with E-state index in [-0.39, 0.29) is 0 Å². The van der Waals surface area contributed by atoms with Gasteiger partial charge in [-0.15, -0.1) is 11.3 Å². The first-order valence-corrected chi connectivity index (χ1v) is 7.39. The topological polar surface area (TPSA) is 63.4 Å². The van der Waals surface area contributed by atoms with E-state index in [0.717, 1.165) is 12.0 Å². The quantitative estimate of drug-likeness (QED) is 0.827. The van der Waals surface area contributed by atoms with E-state index in [1.807, 2.05) is 12.2 Å². The van der Waals surface area contributed by atoms with Crippen molar-refractivity contribution in [3.05, 3.63) is 29.2 Å². The molecule has 0 unspecified atom stereocenters. The average Bonchev–Trinajstić information content (AvgIpc) is 2.79. The number of hydrogen-bond donors (Lipinski definition) is 1. The molecule has 1 aromatic rings. The zero-order valence-electron chi connectivity index (χ0n) is 8.80. The second-order valence-electron chi connectivity index (χ2n) is 3.60. The molecule has 2 heterocycles. The normalized spacial score (nSPS) is 17.8. The molecule has 4 nitrogen and oxygen atoms in total. The van der Waals surface area contributed by atoms with Crippen LogP contribution in [0.25, 0.3) is 0 Å². The molecule has 1 aliphatic heterocycles. The lowest BCUT2D eigenvalue weighted by molar-refractivity contribution is 0.439. The molecule has 88 valence electrons. The summed E-state index contributed by atoms with van der Waals surface area (Å²) < 4.78 is 26.2. The summed E-state index contributed by atoms with van der Waals surface area (Å²) in [5, 5.41) is 1.80. The van der Waals surface area contributed by atoms with Gasteiger partial charge in [0.1, 0.15) is 4.21 Å². The van der Waals surface area contributed by atoms with Gasteiger partial charge in [-0.3, -0.25) is 0 Å². The van der Waals surface area contributed by atoms with Gasteiger partial charge in [0.15, 0.2) is 0 Å². The third-order valence-corrected chi connectivity index (χ3v) is 5.81. The van der Waals surface area contributed by atoms with Gasteiger partial charge in [0.2, 0.25) is 0 Å². The van der Waals surface area contributed by atoms with Gasteiger partial charge in [-0.1, -0.05) is 12.2 Å². The number of rotatable bonds is 3. The fourth-order valence-electron chi connectivity index (χ4n) is 1.56. The van der Waals surface area contributed by atoms with Gasteiger partial charge in [0, 0.05) is 19.6 Å². The SMILES string of the molecule is NCc1csc(S(=O)(=O)N2CC=CCC2)c1. The van der Waals surface area contributed by atoms with Crippen molar-refractivity contribution in [1.29, 1.82) is 0 Å². The summed E-state index contributed by atoms with van der Waals surface area (Å²) in [6.45, 7) is 1.42. The molecule has 16 heavy (non-hydrogen) atoms. The number of sulfonamides is 1. The van der Waals surface area contributed by atoms with E-state index in [4.69, 9.17) is 5.73 Å². The van der Waals surface area contributed by atoms with E-state index in [2.05, 4.69) is 0 Å². The highest BCUT2D eigenvalue weighted by atomic mass is 32.2. The van der Waals surface area contributed by atoms with Gasteiger partial charge in [0.25, 0.3) is 10.0 Å². The van der Waals surface area contributed by atoms with Gasteiger partial charge >= 0.3 is 0 Å². The van der Waals surface area contributed by atoms with E-state index in [1.165, 1.54) is 15.6 Å². The molecular weight excluding hydrogens is 244 g/mol. The molecule has 0 atom stereocenters. The van der Waals surface area contributed by atoms with Crippen LogP contribution in [-0.2, 0) is 16.6 Å². The first kappa shape index (κ1) is 11.8. The van der Waals surface area contributed by atoms with Gasteiger partial charge < -0.3 is 5.73 Å². The largest absolute Gasteiger partial charge is 0.326 e. The lowest BCUT2D eigenvalue weighted by atomic mass is 10.3. The van der Waals surface area contributed by atoms with Crippen LogP contribution in [0.15, 0.2) is 27.8 Å². The molecule has 0 radical (unpaired) electrons. The maximum atomic E-state index is 12.2. The first-order chi connectivity index (χ1) is 7.64. The maximum absolute atomic E-state index is 12.2. The number of nitrogens with zero attached hydrogens (tertiary/aromatic N) is 1. The number of hydrogen-bond acceptors (Lipinski definition) is 4. The Labute approximate surface area is 99.4 Å². The highest BCUT2D eigenvalue weighted by Crippen LogP contribution is 2.24. The number of nitrogens with two attached hydrogens (primary N) is 1. The molecule has 6 heteroatoms. The van der Waals surface area contributed by atoms with Gasteiger partial charge in [-0.25, -0.2) is 8.42 Å². The fraction of sp³-hybridized carbons (Fsp3) is 0.400. The van der Waals surface area contributed by atoms with Crippen molar-refractivity contribution >= 4 is 21.4 Å². The third-order valence-electron chi connectivity index (χ3n) is 2.48. The predicted octanol–water partition coefficient (Wildman–Crippen LogP) is 1.16. The van der Waals surface area contributed by atoms with Crippen molar-refractivity contribution in [3.8, 4) is 0 Å². The summed E-state index contributed by atoms with van der Waals surface area (Å²) >= 11 is 1.24. The van der Waals surface area contributed by atoms with E-state index in [9.17, 15) is 8.42 Å². The Hall–Kier alpha value is -0.690. The first-order valence-electron chi connectivity index (χ1n) is 5.07. The highest BCUT2D eigenvalue weighted by Gasteiger charge is 2.25. The fourth-order valence-corrected chi connectivity index (χ4v) is 4.34. The van der Waals surface area contributed by atoms with Crippen LogP contribution in [-0.4, -0.2) is 25.8 Å². The zero-order valence-corrected chi connectivity index (χ0v) is 10.4. The predicted molar refractivity (Wildman–Crippen MR) is 64.7 cm³/mol. The second kappa shape index (κ2) is 4.67. The van der Waals surface area contributed by atoms with Crippen LogP contribution in [0.4, 0.5) is 0 Å². The Bertz CT molecular complexity index is 491. The molecule has 2 rings (SSSR count). The van der Waals surface area contributed by atoms with E-state index in [0.29, 0.717) is 23.8 Å². The van der Waals surface area contributed by atoms with Gasteiger partial charge in [-0.05, 0) is 23.4 Å². The van der Waals surface area contributed by atoms with Crippen LogP contribution < -0.4 is 5.73 Å². The Morgan fingerprint density at radius 1 is 1.44 bits per heavy atom. The lowest BCUT2D eigenvalue weighted by Gasteiger charge is -2.21. The summed E-state index contributed by atoms with van der Waals surface area (Å²) in [6, 6.07) is 1.66. The minimum absolute atomic E-state index is 0.381. The Kier molecular flexibility index (Phi) is 3.44. The lowest BCUT2D eigenvalue weighted by Crippen LogP contribution is -2.33. The van der Waals surface area contributed by atoms with Crippen LogP contribution in [0.5, 0.6) is 0 Å². The zero-order chi connectivity index (χ0) is 11.6. The Balaban J connectivity index is 2.27. The van der Waals surface area contributed by atoms with Crippen molar-refractivity contribution in [1.82, 2.24) is 4.31 Å². The molecule has 0 bridgehead atoms. The van der Waals surface area contributed by atoms with E-state index < -0.39 is 10.0 Å². The van der Waals surface area contributed by atoms with Crippen molar-refractivity contribution in [2.45, 2.75) is 17.2 Å². The Morgan fingerprint density at radius 3 is 2.81 bits per heavy atom. The van der Waals surface area contributed by atoms with Crippen molar-refractivity contribution in [2.75, 3.05) is 13.1 Å². The molecule has 0 saturated heterocycles. The molecule has 0 aliphatic carbocycles. The summed E-state index contributed by atoms with van der Waals surface area (Å²) in [5.74, 6) is 0. The maximum Gasteiger partial charge on any atom is 0.252 e. The smallest absolute Gasteiger partial charge is 0.252 e. The summed E-state index contributed by atoms with van der Waals surface area (Å²) in [7, 11) is -3.31. The molecule has 1 aromatic heterocycles. The third kappa shape index (κ3) is 2.20. The molecule has 2 N–H and O–H groups in total. The molecule has 0 saturated carbocycles. The average molecular weight is 258 g/mol.